The molecule has 0 aliphatic rings. The van der Waals surface area contributed by atoms with Gasteiger partial charge in [0.1, 0.15) is 18.2 Å². The summed E-state index contributed by atoms with van der Waals surface area (Å²) in [4.78, 5) is 0. The molecule has 1 N–H and O–H groups in total. The molecular weight excluding hydrogens is 281 g/mol. The Kier molecular flexibility index (Phi) is 6.42. The van der Waals surface area contributed by atoms with E-state index in [1.54, 1.807) is 6.07 Å². The molecular formula is C14H22FNO3S. The summed E-state index contributed by atoms with van der Waals surface area (Å²) in [6.07, 6.45) is 1.14. The maximum Gasteiger partial charge on any atom is 0.150 e. The smallest absolute Gasteiger partial charge is 0.150 e. The van der Waals surface area contributed by atoms with Gasteiger partial charge in [-0.15, -0.1) is 0 Å². The highest BCUT2D eigenvalue weighted by molar-refractivity contribution is 7.90. The molecule has 0 heterocycles. The Morgan fingerprint density at radius 3 is 2.60 bits per heavy atom. The van der Waals surface area contributed by atoms with Crippen LogP contribution in [-0.2, 0) is 16.4 Å². The van der Waals surface area contributed by atoms with Crippen molar-refractivity contribution in [3.05, 3.63) is 29.6 Å². The topological polar surface area (TPSA) is 55.4 Å². The predicted octanol–water partition coefficient (Wildman–Crippen LogP) is 1.99. The minimum atomic E-state index is -3.07. The molecule has 4 nitrogen and oxygen atoms in total. The summed E-state index contributed by atoms with van der Waals surface area (Å²) >= 11 is 0. The van der Waals surface area contributed by atoms with E-state index in [-0.39, 0.29) is 18.2 Å². The van der Waals surface area contributed by atoms with E-state index in [1.165, 1.54) is 12.1 Å². The number of rotatable bonds is 8. The molecule has 0 aliphatic carbocycles. The van der Waals surface area contributed by atoms with Crippen LogP contribution in [0.1, 0.15) is 19.4 Å². The van der Waals surface area contributed by atoms with Gasteiger partial charge in [-0.3, -0.25) is 0 Å². The van der Waals surface area contributed by atoms with Crippen molar-refractivity contribution < 1.29 is 17.5 Å². The Morgan fingerprint density at radius 1 is 1.30 bits per heavy atom. The Balaban J connectivity index is 2.57. The lowest BCUT2D eigenvalue weighted by Gasteiger charge is -2.10. The zero-order valence-corrected chi connectivity index (χ0v) is 13.0. The number of hydrogen-bond acceptors (Lipinski definition) is 4. The molecule has 0 unspecified atom stereocenters. The van der Waals surface area contributed by atoms with Crippen LogP contribution in [0.5, 0.6) is 5.75 Å². The normalized spacial score (nSPS) is 11.8. The van der Waals surface area contributed by atoms with E-state index < -0.39 is 9.84 Å². The monoisotopic (exact) mass is 303 g/mol. The number of benzene rings is 1. The van der Waals surface area contributed by atoms with Crippen molar-refractivity contribution in [2.24, 2.45) is 5.92 Å². The summed E-state index contributed by atoms with van der Waals surface area (Å²) in [7, 11) is -3.07. The van der Waals surface area contributed by atoms with E-state index in [2.05, 4.69) is 19.2 Å². The van der Waals surface area contributed by atoms with Crippen molar-refractivity contribution in [1.29, 1.82) is 0 Å². The van der Waals surface area contributed by atoms with Crippen LogP contribution in [0.3, 0.4) is 0 Å². The third kappa shape index (κ3) is 7.45. The molecule has 0 amide bonds. The minimum Gasteiger partial charge on any atom is -0.492 e. The van der Waals surface area contributed by atoms with Crippen molar-refractivity contribution in [2.45, 2.75) is 20.4 Å². The molecule has 6 heteroatoms. The van der Waals surface area contributed by atoms with Crippen LogP contribution < -0.4 is 10.1 Å². The molecule has 0 bridgehead atoms. The van der Waals surface area contributed by atoms with Crippen molar-refractivity contribution in [3.8, 4) is 5.75 Å². The Hall–Kier alpha value is -1.14. The highest BCUT2D eigenvalue weighted by Gasteiger charge is 2.05. The van der Waals surface area contributed by atoms with Gasteiger partial charge in [-0.1, -0.05) is 13.8 Å². The highest BCUT2D eigenvalue weighted by atomic mass is 32.2. The maximum atomic E-state index is 13.4. The first-order chi connectivity index (χ1) is 9.26. The quantitative estimate of drug-likeness (QED) is 0.798. The second-order valence-electron chi connectivity index (χ2n) is 5.30. The van der Waals surface area contributed by atoms with E-state index in [9.17, 15) is 12.8 Å². The number of sulfone groups is 1. The van der Waals surface area contributed by atoms with Crippen LogP contribution in [-0.4, -0.2) is 33.6 Å². The summed E-state index contributed by atoms with van der Waals surface area (Å²) in [6.45, 7) is 5.62. The van der Waals surface area contributed by atoms with Gasteiger partial charge in [0, 0.05) is 18.9 Å². The van der Waals surface area contributed by atoms with Crippen molar-refractivity contribution in [2.75, 3.05) is 25.2 Å². The van der Waals surface area contributed by atoms with E-state index >= 15 is 0 Å². The lowest BCUT2D eigenvalue weighted by atomic mass is 10.2. The van der Waals surface area contributed by atoms with E-state index in [1.807, 2.05) is 0 Å². The number of nitrogens with one attached hydrogen (secondary N) is 1. The maximum absolute atomic E-state index is 13.4. The van der Waals surface area contributed by atoms with E-state index in [0.717, 1.165) is 18.4 Å². The molecule has 0 saturated heterocycles. The van der Waals surface area contributed by atoms with Crippen LogP contribution in [0, 0.1) is 11.7 Å². The molecule has 0 aliphatic heterocycles. The summed E-state index contributed by atoms with van der Waals surface area (Å²) < 4.78 is 40.7. The largest absolute Gasteiger partial charge is 0.492 e. The molecule has 0 saturated carbocycles. The molecule has 1 aromatic carbocycles. The van der Waals surface area contributed by atoms with Gasteiger partial charge in [0.25, 0.3) is 0 Å². The van der Waals surface area contributed by atoms with Crippen LogP contribution >= 0.6 is 0 Å². The van der Waals surface area contributed by atoms with Crippen molar-refractivity contribution >= 4 is 9.84 Å². The van der Waals surface area contributed by atoms with Crippen molar-refractivity contribution in [3.63, 3.8) is 0 Å². The molecule has 0 radical (unpaired) electrons. The Morgan fingerprint density at radius 2 is 2.00 bits per heavy atom. The second-order valence-corrected chi connectivity index (χ2v) is 7.56. The fraction of sp³-hybridized carbons (Fsp3) is 0.571. The first-order valence-corrected chi connectivity index (χ1v) is 8.63. The fourth-order valence-electron chi connectivity index (χ4n) is 1.62. The summed E-state index contributed by atoms with van der Waals surface area (Å²) in [5.41, 5.74) is 0.778. The van der Waals surface area contributed by atoms with Crippen LogP contribution in [0.4, 0.5) is 4.39 Å². The summed E-state index contributed by atoms with van der Waals surface area (Å²) in [5, 5.41) is 3.22. The summed E-state index contributed by atoms with van der Waals surface area (Å²) in [5.74, 6) is 0.414. The molecule has 114 valence electrons. The van der Waals surface area contributed by atoms with Gasteiger partial charge in [0.15, 0.2) is 9.84 Å². The molecule has 0 atom stereocenters. The van der Waals surface area contributed by atoms with Crippen LogP contribution in [0.15, 0.2) is 18.2 Å². The van der Waals surface area contributed by atoms with Gasteiger partial charge in [0.05, 0.1) is 5.75 Å². The molecule has 1 aromatic rings. The number of hydrogen-bond donors (Lipinski definition) is 1. The molecule has 0 spiro atoms. The van der Waals surface area contributed by atoms with E-state index in [4.69, 9.17) is 4.74 Å². The lowest BCUT2D eigenvalue weighted by molar-refractivity contribution is 0.338. The number of halogens is 1. The zero-order chi connectivity index (χ0) is 15.2. The third-order valence-corrected chi connectivity index (χ3v) is 3.44. The standard InChI is InChI=1S/C14H22FNO3S/c1-11(2)9-16-10-12-6-13(15)8-14(7-12)19-4-5-20(3,17)18/h6-8,11,16H,4-5,9-10H2,1-3H3. The Labute approximate surface area is 120 Å². The summed E-state index contributed by atoms with van der Waals surface area (Å²) in [6, 6.07) is 4.42. The fourth-order valence-corrected chi connectivity index (χ4v) is 2.01. The molecule has 1 rings (SSSR count). The first kappa shape index (κ1) is 16.9. The lowest BCUT2D eigenvalue weighted by Crippen LogP contribution is -2.19. The molecule has 0 aromatic heterocycles. The van der Waals surface area contributed by atoms with Crippen molar-refractivity contribution in [1.82, 2.24) is 5.32 Å². The first-order valence-electron chi connectivity index (χ1n) is 6.57. The average molecular weight is 303 g/mol. The zero-order valence-electron chi connectivity index (χ0n) is 12.1. The minimum absolute atomic E-state index is 0.0289. The van der Waals surface area contributed by atoms with Gasteiger partial charge in [-0.2, -0.15) is 0 Å². The molecule has 20 heavy (non-hydrogen) atoms. The van der Waals surface area contributed by atoms with Crippen LogP contribution in [0.2, 0.25) is 0 Å². The average Bonchev–Trinajstić information content (AvgIpc) is 2.25. The predicted molar refractivity (Wildman–Crippen MR) is 78.2 cm³/mol. The van der Waals surface area contributed by atoms with Gasteiger partial charge in [-0.05, 0) is 30.2 Å². The number of ether oxygens (including phenoxy) is 1. The third-order valence-electron chi connectivity index (χ3n) is 2.54. The second kappa shape index (κ2) is 7.59. The molecule has 0 fully saturated rings. The Bertz CT molecular complexity index is 529. The van der Waals surface area contributed by atoms with Crippen LogP contribution in [0.25, 0.3) is 0 Å². The van der Waals surface area contributed by atoms with Gasteiger partial charge in [-0.25, -0.2) is 12.8 Å². The van der Waals surface area contributed by atoms with Gasteiger partial charge >= 0.3 is 0 Å². The van der Waals surface area contributed by atoms with Gasteiger partial charge in [0.2, 0.25) is 0 Å². The van der Waals surface area contributed by atoms with E-state index in [0.29, 0.717) is 18.2 Å². The SMILES string of the molecule is CC(C)CNCc1cc(F)cc(OCCS(C)(=O)=O)c1. The van der Waals surface area contributed by atoms with Gasteiger partial charge < -0.3 is 10.1 Å². The highest BCUT2D eigenvalue weighted by Crippen LogP contribution is 2.16.